The zero-order valence-corrected chi connectivity index (χ0v) is 12.6. The summed E-state index contributed by atoms with van der Waals surface area (Å²) in [5.74, 6) is 0.419. The van der Waals surface area contributed by atoms with E-state index < -0.39 is 0 Å². The molecule has 2 N–H and O–H groups in total. The van der Waals surface area contributed by atoms with Crippen molar-refractivity contribution in [1.82, 2.24) is 4.90 Å². The second-order valence-electron chi connectivity index (χ2n) is 7.39. The van der Waals surface area contributed by atoms with Crippen molar-refractivity contribution in [3.05, 3.63) is 0 Å². The van der Waals surface area contributed by atoms with E-state index in [-0.39, 0.29) is 6.10 Å². The number of hydrogen-bond acceptors (Lipinski definition) is 3. The highest BCUT2D eigenvalue weighted by atomic mass is 16.3. The molecule has 2 rings (SSSR count). The number of likely N-dealkylation sites (tertiary alicyclic amines) is 1. The van der Waals surface area contributed by atoms with Crippen LogP contribution >= 0.6 is 0 Å². The Morgan fingerprint density at radius 3 is 2.74 bits per heavy atom. The summed E-state index contributed by atoms with van der Waals surface area (Å²) in [7, 11) is 0. The van der Waals surface area contributed by atoms with Crippen LogP contribution in [0, 0.1) is 11.3 Å². The highest BCUT2D eigenvalue weighted by molar-refractivity contribution is 4.88. The molecule has 0 aromatic carbocycles. The molecule has 1 saturated carbocycles. The number of nitrogens with zero attached hydrogens (tertiary/aromatic N) is 1. The fourth-order valence-corrected chi connectivity index (χ4v) is 3.99. The lowest BCUT2D eigenvalue weighted by atomic mass is 9.70. The summed E-state index contributed by atoms with van der Waals surface area (Å²) >= 11 is 0. The third-order valence-electron chi connectivity index (χ3n) is 5.16. The molecule has 3 atom stereocenters. The van der Waals surface area contributed by atoms with Gasteiger partial charge in [-0.1, -0.05) is 20.3 Å². The minimum Gasteiger partial charge on any atom is -0.396 e. The highest BCUT2D eigenvalue weighted by Gasteiger charge is 2.36. The van der Waals surface area contributed by atoms with Gasteiger partial charge in [-0.05, 0) is 56.4 Å². The van der Waals surface area contributed by atoms with Gasteiger partial charge in [0.15, 0.2) is 0 Å². The summed E-state index contributed by atoms with van der Waals surface area (Å²) < 4.78 is 0. The predicted molar refractivity (Wildman–Crippen MR) is 78.0 cm³/mol. The van der Waals surface area contributed by atoms with Gasteiger partial charge in [0.1, 0.15) is 0 Å². The van der Waals surface area contributed by atoms with Gasteiger partial charge in [-0.2, -0.15) is 0 Å². The quantitative estimate of drug-likeness (QED) is 0.824. The van der Waals surface area contributed by atoms with Crippen molar-refractivity contribution in [2.45, 2.75) is 70.9 Å². The van der Waals surface area contributed by atoms with Gasteiger partial charge in [0, 0.05) is 19.2 Å². The summed E-state index contributed by atoms with van der Waals surface area (Å²) in [4.78, 5) is 2.54. The Morgan fingerprint density at radius 1 is 1.21 bits per heavy atom. The molecule has 112 valence electrons. The van der Waals surface area contributed by atoms with Gasteiger partial charge in [0.2, 0.25) is 0 Å². The van der Waals surface area contributed by atoms with Crippen LogP contribution in [-0.4, -0.2) is 47.0 Å². The van der Waals surface area contributed by atoms with Crippen molar-refractivity contribution in [1.29, 1.82) is 0 Å². The zero-order chi connectivity index (χ0) is 13.9. The molecule has 0 aromatic rings. The summed E-state index contributed by atoms with van der Waals surface area (Å²) in [5, 5.41) is 19.5. The Bertz CT molecular complexity index is 278. The fraction of sp³-hybridized carbons (Fsp3) is 1.00. The first-order chi connectivity index (χ1) is 9.02. The summed E-state index contributed by atoms with van der Waals surface area (Å²) in [6, 6.07) is 0.538. The normalized spacial score (nSPS) is 36.3. The lowest BCUT2D eigenvalue weighted by Crippen LogP contribution is -2.47. The van der Waals surface area contributed by atoms with E-state index in [1.165, 1.54) is 19.3 Å². The second-order valence-corrected chi connectivity index (χ2v) is 7.39. The molecule has 1 aliphatic heterocycles. The fourth-order valence-electron chi connectivity index (χ4n) is 3.99. The molecule has 3 nitrogen and oxygen atoms in total. The van der Waals surface area contributed by atoms with Crippen molar-refractivity contribution < 1.29 is 10.2 Å². The van der Waals surface area contributed by atoms with Crippen LogP contribution in [0.25, 0.3) is 0 Å². The molecule has 1 heterocycles. The molecule has 2 aliphatic rings. The number of aliphatic hydroxyl groups excluding tert-OH is 2. The van der Waals surface area contributed by atoms with E-state index in [9.17, 15) is 10.2 Å². The average molecular weight is 269 g/mol. The Kier molecular flexibility index (Phi) is 5.27. The third kappa shape index (κ3) is 4.17. The maximum Gasteiger partial charge on any atom is 0.0581 e. The topological polar surface area (TPSA) is 43.7 Å². The number of aliphatic hydroxyl groups is 2. The summed E-state index contributed by atoms with van der Waals surface area (Å²) in [5.41, 5.74) is 0.381. The number of hydrogen-bond donors (Lipinski definition) is 2. The van der Waals surface area contributed by atoms with Crippen molar-refractivity contribution in [3.63, 3.8) is 0 Å². The van der Waals surface area contributed by atoms with Gasteiger partial charge in [-0.25, -0.2) is 0 Å². The molecule has 3 unspecified atom stereocenters. The molecule has 0 spiro atoms. The molecule has 0 aromatic heterocycles. The Hall–Kier alpha value is -0.120. The van der Waals surface area contributed by atoms with Gasteiger partial charge in [-0.15, -0.1) is 0 Å². The summed E-state index contributed by atoms with van der Waals surface area (Å²) in [6.45, 7) is 7.12. The first-order valence-electron chi connectivity index (χ1n) is 8.05. The van der Waals surface area contributed by atoms with E-state index in [4.69, 9.17) is 0 Å². The van der Waals surface area contributed by atoms with Crippen LogP contribution in [0.3, 0.4) is 0 Å². The van der Waals surface area contributed by atoms with E-state index in [2.05, 4.69) is 18.7 Å². The Morgan fingerprint density at radius 2 is 2.00 bits per heavy atom. The molecular formula is C16H31NO2. The second kappa shape index (κ2) is 6.55. The number of rotatable bonds is 4. The smallest absolute Gasteiger partial charge is 0.0581 e. The molecule has 19 heavy (non-hydrogen) atoms. The lowest BCUT2D eigenvalue weighted by molar-refractivity contribution is -0.0102. The maximum atomic E-state index is 10.3. The lowest BCUT2D eigenvalue weighted by Gasteiger charge is -2.43. The number of piperidine rings is 1. The molecule has 2 fully saturated rings. The third-order valence-corrected chi connectivity index (χ3v) is 5.16. The van der Waals surface area contributed by atoms with Crippen LogP contribution in [0.15, 0.2) is 0 Å². The molecular weight excluding hydrogens is 238 g/mol. The average Bonchev–Trinajstić information content (AvgIpc) is 2.36. The van der Waals surface area contributed by atoms with Crippen LogP contribution in [0.5, 0.6) is 0 Å². The maximum absolute atomic E-state index is 10.3. The van der Waals surface area contributed by atoms with Gasteiger partial charge < -0.3 is 10.2 Å². The summed E-state index contributed by atoms with van der Waals surface area (Å²) in [6.07, 6.45) is 7.79. The highest BCUT2D eigenvalue weighted by Crippen LogP contribution is 2.39. The van der Waals surface area contributed by atoms with Crippen molar-refractivity contribution >= 4 is 0 Å². The molecule has 0 amide bonds. The molecule has 0 bridgehead atoms. The van der Waals surface area contributed by atoms with Crippen molar-refractivity contribution in [3.8, 4) is 0 Å². The van der Waals surface area contributed by atoms with Gasteiger partial charge in [0.25, 0.3) is 0 Å². The minimum absolute atomic E-state index is 0.121. The Labute approximate surface area is 118 Å². The van der Waals surface area contributed by atoms with Crippen LogP contribution in [0.1, 0.15) is 58.8 Å². The first-order valence-corrected chi connectivity index (χ1v) is 8.05. The van der Waals surface area contributed by atoms with Crippen LogP contribution < -0.4 is 0 Å². The van der Waals surface area contributed by atoms with Crippen molar-refractivity contribution in [2.24, 2.45) is 11.3 Å². The van der Waals surface area contributed by atoms with Gasteiger partial charge in [-0.3, -0.25) is 4.90 Å². The van der Waals surface area contributed by atoms with E-state index >= 15 is 0 Å². The van der Waals surface area contributed by atoms with Crippen LogP contribution in [0.2, 0.25) is 0 Å². The van der Waals surface area contributed by atoms with E-state index in [1.54, 1.807) is 0 Å². The zero-order valence-electron chi connectivity index (χ0n) is 12.6. The molecule has 1 saturated heterocycles. The van der Waals surface area contributed by atoms with Gasteiger partial charge in [0.05, 0.1) is 6.10 Å². The first kappa shape index (κ1) is 15.3. The van der Waals surface area contributed by atoms with E-state index in [0.717, 1.165) is 38.8 Å². The predicted octanol–water partition coefficient (Wildman–Crippen LogP) is 2.41. The van der Waals surface area contributed by atoms with E-state index in [1.807, 2.05) is 0 Å². The largest absolute Gasteiger partial charge is 0.396 e. The standard InChI is InChI=1S/C16H31NO2/c1-16(2)8-6-15(19)13(11-16)12-17-9-4-3-5-14(17)7-10-18/h13-15,18-19H,3-12H2,1-2H3. The molecule has 0 radical (unpaired) electrons. The minimum atomic E-state index is -0.121. The van der Waals surface area contributed by atoms with Gasteiger partial charge >= 0.3 is 0 Å². The molecule has 1 aliphatic carbocycles. The Balaban J connectivity index is 1.93. The monoisotopic (exact) mass is 269 g/mol. The van der Waals surface area contributed by atoms with Crippen molar-refractivity contribution in [2.75, 3.05) is 19.7 Å². The van der Waals surface area contributed by atoms with Crippen LogP contribution in [-0.2, 0) is 0 Å². The van der Waals surface area contributed by atoms with Crippen LogP contribution in [0.4, 0.5) is 0 Å². The van der Waals surface area contributed by atoms with E-state index in [0.29, 0.717) is 24.0 Å². The molecule has 3 heteroatoms. The SMILES string of the molecule is CC1(C)CCC(O)C(CN2CCCCC2CCO)C1.